The summed E-state index contributed by atoms with van der Waals surface area (Å²) >= 11 is 0. The van der Waals surface area contributed by atoms with Gasteiger partial charge in [0.05, 0.1) is 26.4 Å². The lowest BCUT2D eigenvalue weighted by Gasteiger charge is -2.21. The molecule has 0 saturated heterocycles. The summed E-state index contributed by atoms with van der Waals surface area (Å²) in [5, 5.41) is 10.6. The molecule has 5 atom stereocenters. The largest absolute Gasteiger partial charge is 0.472 e. The molecule has 0 aromatic carbocycles. The molecule has 93 heavy (non-hydrogen) atoms. The second kappa shape index (κ2) is 66.0. The Balaban J connectivity index is 5.23. The average molecular weight is 1370 g/mol. The summed E-state index contributed by atoms with van der Waals surface area (Å²) in [6, 6.07) is 0. The lowest BCUT2D eigenvalue weighted by Crippen LogP contribution is -2.30. The Morgan fingerprint density at radius 1 is 0.290 bits per heavy atom. The molecule has 0 amide bonds. The molecule has 0 aromatic heterocycles. The third-order valence-corrected chi connectivity index (χ3v) is 19.1. The van der Waals surface area contributed by atoms with E-state index in [1.165, 1.54) is 193 Å². The normalized spacial score (nSPS) is 14.1. The molecule has 2 unspecified atom stereocenters. The molecular weight excluding hydrogens is 1220 g/mol. The number of rotatable bonds is 73. The Bertz CT molecular complexity index is 1800. The molecule has 17 nitrogen and oxygen atoms in total. The molecule has 3 N–H and O–H groups in total. The number of aliphatic hydroxyl groups excluding tert-OH is 1. The van der Waals surface area contributed by atoms with Gasteiger partial charge >= 0.3 is 39.5 Å². The molecule has 0 fully saturated rings. The fourth-order valence-electron chi connectivity index (χ4n) is 11.3. The zero-order valence-electron chi connectivity index (χ0n) is 60.6. The van der Waals surface area contributed by atoms with E-state index in [-0.39, 0.29) is 25.7 Å². The van der Waals surface area contributed by atoms with Crippen molar-refractivity contribution in [3.05, 3.63) is 0 Å². The number of phosphoric ester groups is 2. The fourth-order valence-corrected chi connectivity index (χ4v) is 12.9. The van der Waals surface area contributed by atoms with E-state index in [9.17, 15) is 43.2 Å². The third kappa shape index (κ3) is 68.4. The van der Waals surface area contributed by atoms with Gasteiger partial charge in [-0.05, 0) is 37.5 Å². The number of esters is 4. The average Bonchev–Trinajstić information content (AvgIpc) is 2.38. The van der Waals surface area contributed by atoms with Gasteiger partial charge < -0.3 is 33.8 Å². The summed E-state index contributed by atoms with van der Waals surface area (Å²) in [6.07, 6.45) is 52.8. The molecule has 0 bridgehead atoms. The summed E-state index contributed by atoms with van der Waals surface area (Å²) in [6.45, 7) is 9.50. The minimum absolute atomic E-state index is 0.107. The Hall–Kier alpha value is -1.94. The van der Waals surface area contributed by atoms with Crippen LogP contribution in [0.1, 0.15) is 382 Å². The van der Waals surface area contributed by atoms with E-state index < -0.39 is 97.5 Å². The van der Waals surface area contributed by atoms with E-state index in [1.54, 1.807) is 0 Å². The van der Waals surface area contributed by atoms with Gasteiger partial charge in [0.2, 0.25) is 0 Å². The number of carbonyl (C=O) groups is 4. The monoisotopic (exact) mass is 1370 g/mol. The number of hydrogen-bond acceptors (Lipinski definition) is 15. The number of unbranched alkanes of at least 4 members (excludes halogenated alkanes) is 43. The molecule has 0 saturated carbocycles. The van der Waals surface area contributed by atoms with E-state index in [2.05, 4.69) is 41.5 Å². The maximum absolute atomic E-state index is 13.1. The van der Waals surface area contributed by atoms with Crippen molar-refractivity contribution in [2.75, 3.05) is 39.6 Å². The van der Waals surface area contributed by atoms with Crippen molar-refractivity contribution in [3.8, 4) is 0 Å². The smallest absolute Gasteiger partial charge is 0.462 e. The first-order valence-corrected chi connectivity index (χ1v) is 41.5. The van der Waals surface area contributed by atoms with Crippen molar-refractivity contribution in [3.63, 3.8) is 0 Å². The molecule has 19 heteroatoms. The van der Waals surface area contributed by atoms with E-state index in [1.807, 2.05) is 0 Å². The van der Waals surface area contributed by atoms with E-state index >= 15 is 0 Å². The van der Waals surface area contributed by atoms with Crippen molar-refractivity contribution in [2.45, 2.75) is 400 Å². The molecule has 0 aromatic rings. The molecule has 0 aliphatic heterocycles. The molecule has 0 spiro atoms. The second-order valence-corrected chi connectivity index (χ2v) is 30.5. The molecule has 0 heterocycles. The van der Waals surface area contributed by atoms with Gasteiger partial charge in [0.15, 0.2) is 12.2 Å². The van der Waals surface area contributed by atoms with Crippen LogP contribution in [-0.4, -0.2) is 96.7 Å². The summed E-state index contributed by atoms with van der Waals surface area (Å²) < 4.78 is 68.4. The predicted octanol–water partition coefficient (Wildman–Crippen LogP) is 21.6. The Morgan fingerprint density at radius 3 is 0.731 bits per heavy atom. The number of hydrogen-bond donors (Lipinski definition) is 3. The quantitative estimate of drug-likeness (QED) is 0.0222. The van der Waals surface area contributed by atoms with E-state index in [0.29, 0.717) is 31.6 Å². The van der Waals surface area contributed by atoms with Crippen molar-refractivity contribution in [2.24, 2.45) is 11.8 Å². The Morgan fingerprint density at radius 2 is 0.495 bits per heavy atom. The minimum Gasteiger partial charge on any atom is -0.462 e. The van der Waals surface area contributed by atoms with Gasteiger partial charge in [-0.15, -0.1) is 0 Å². The topological polar surface area (TPSA) is 237 Å². The first-order valence-electron chi connectivity index (χ1n) is 38.5. The SMILES string of the molecule is CCCCCCCCCCCCCCCCCCCCC(=O)O[C@H](COC(=O)CCCCCCCCCCCCC(C)C)COP(=O)(O)OC[C@@H](O)COP(=O)(O)OC[C@@H](COC(=O)CCCCCCCCC(C)C)OC(=O)CCCCCCCCCCCCCCC. The Labute approximate surface area is 568 Å². The lowest BCUT2D eigenvalue weighted by atomic mass is 10.0. The standard InChI is InChI=1S/C74H144O17P2/c1-7-9-11-13-15-17-19-21-22-23-24-25-27-29-35-39-47-53-59-73(78)90-69(62-84-71(76)56-50-44-37-33-31-30-32-36-42-48-54-66(3)4)64-88-92(80,81)86-60-68(75)61-87-93(82,83)89-65-70(63-85-72(77)57-51-45-41-40-43-49-55-67(5)6)91-74(79)58-52-46-38-34-28-26-20-18-16-14-12-10-8-2/h66-70,75H,7-65H2,1-6H3,(H,80,81)(H,82,83)/t68-,69-,70-/m1/s1. The van der Waals surface area contributed by atoms with Crippen molar-refractivity contribution in [1.82, 2.24) is 0 Å². The van der Waals surface area contributed by atoms with Crippen LogP contribution in [0.25, 0.3) is 0 Å². The second-order valence-electron chi connectivity index (χ2n) is 27.6. The first kappa shape index (κ1) is 91.1. The maximum atomic E-state index is 13.1. The highest BCUT2D eigenvalue weighted by molar-refractivity contribution is 7.47. The molecule has 0 rings (SSSR count). The van der Waals surface area contributed by atoms with Crippen LogP contribution in [0.2, 0.25) is 0 Å². The summed E-state index contributed by atoms with van der Waals surface area (Å²) in [7, 11) is -9.91. The van der Waals surface area contributed by atoms with Gasteiger partial charge in [0, 0.05) is 25.7 Å². The van der Waals surface area contributed by atoms with Crippen LogP contribution in [0.15, 0.2) is 0 Å². The van der Waals surface area contributed by atoms with Crippen molar-refractivity contribution in [1.29, 1.82) is 0 Å². The first-order chi connectivity index (χ1) is 44.9. The number of carbonyl (C=O) groups excluding carboxylic acids is 4. The summed E-state index contributed by atoms with van der Waals surface area (Å²) in [5.74, 6) is -0.681. The van der Waals surface area contributed by atoms with E-state index in [0.717, 1.165) is 102 Å². The zero-order valence-corrected chi connectivity index (χ0v) is 62.3. The molecule has 0 aliphatic carbocycles. The van der Waals surface area contributed by atoms with Crippen LogP contribution < -0.4 is 0 Å². The third-order valence-electron chi connectivity index (χ3n) is 17.2. The van der Waals surface area contributed by atoms with Gasteiger partial charge in [-0.3, -0.25) is 37.3 Å². The summed E-state index contributed by atoms with van der Waals surface area (Å²) in [5.41, 5.74) is 0. The van der Waals surface area contributed by atoms with E-state index in [4.69, 9.17) is 37.0 Å². The van der Waals surface area contributed by atoms with Crippen LogP contribution in [0, 0.1) is 11.8 Å². The Kier molecular flexibility index (Phi) is 64.6. The van der Waals surface area contributed by atoms with Gasteiger partial charge in [-0.2, -0.15) is 0 Å². The lowest BCUT2D eigenvalue weighted by molar-refractivity contribution is -0.161. The molecule has 552 valence electrons. The van der Waals surface area contributed by atoms with Crippen LogP contribution in [0.3, 0.4) is 0 Å². The van der Waals surface area contributed by atoms with Gasteiger partial charge in [-0.1, -0.05) is 330 Å². The van der Waals surface area contributed by atoms with Crippen LogP contribution in [0.5, 0.6) is 0 Å². The zero-order chi connectivity index (χ0) is 68.6. The highest BCUT2D eigenvalue weighted by atomic mass is 31.2. The number of ether oxygens (including phenoxy) is 4. The van der Waals surface area contributed by atoms with Gasteiger partial charge in [0.25, 0.3) is 0 Å². The van der Waals surface area contributed by atoms with Crippen LogP contribution in [-0.2, 0) is 65.4 Å². The van der Waals surface area contributed by atoms with Crippen molar-refractivity contribution >= 4 is 39.5 Å². The highest BCUT2D eigenvalue weighted by Crippen LogP contribution is 2.45. The van der Waals surface area contributed by atoms with Crippen molar-refractivity contribution < 1.29 is 80.2 Å². The number of aliphatic hydroxyl groups is 1. The van der Waals surface area contributed by atoms with Gasteiger partial charge in [-0.25, -0.2) is 9.13 Å². The molecular formula is C74H144O17P2. The van der Waals surface area contributed by atoms with Crippen LogP contribution >= 0.6 is 15.6 Å². The van der Waals surface area contributed by atoms with Gasteiger partial charge in [0.1, 0.15) is 19.3 Å². The molecule has 0 aliphatic rings. The fraction of sp³-hybridized carbons (Fsp3) is 0.946. The maximum Gasteiger partial charge on any atom is 0.472 e. The van der Waals surface area contributed by atoms with Crippen LogP contribution in [0.4, 0.5) is 0 Å². The minimum atomic E-state index is -4.96. The summed E-state index contributed by atoms with van der Waals surface area (Å²) in [4.78, 5) is 72.7. The molecule has 0 radical (unpaired) electrons. The highest BCUT2D eigenvalue weighted by Gasteiger charge is 2.30. The predicted molar refractivity (Wildman–Crippen MR) is 377 cm³/mol. The number of phosphoric acid groups is 2.